The quantitative estimate of drug-likeness (QED) is 0.743. The average molecular weight is 236 g/mol. The van der Waals surface area contributed by atoms with Crippen molar-refractivity contribution in [3.8, 4) is 0 Å². The Morgan fingerprint density at radius 2 is 2.12 bits per heavy atom. The van der Waals surface area contributed by atoms with E-state index in [1.54, 1.807) is 12.1 Å². The molecule has 1 aromatic carbocycles. The Kier molecular flexibility index (Phi) is 4.97. The van der Waals surface area contributed by atoms with E-state index in [1.807, 2.05) is 6.07 Å². The second-order valence-corrected chi connectivity index (χ2v) is 4.06. The van der Waals surface area contributed by atoms with Crippen molar-refractivity contribution >= 4 is 11.7 Å². The lowest BCUT2D eigenvalue weighted by atomic mass is 10.0. The highest BCUT2D eigenvalue weighted by molar-refractivity contribution is 5.95. The molecule has 0 amide bonds. The van der Waals surface area contributed by atoms with Gasteiger partial charge in [-0.05, 0) is 31.1 Å². The molecular formula is C13H20N2O2. The van der Waals surface area contributed by atoms with Crippen LogP contribution in [0.1, 0.15) is 36.2 Å². The molecule has 3 N–H and O–H groups in total. The van der Waals surface area contributed by atoms with Crippen molar-refractivity contribution in [2.75, 3.05) is 18.8 Å². The number of carboxylic acid groups (broad SMARTS) is 1. The number of hydrogen-bond donors (Lipinski definition) is 2. The van der Waals surface area contributed by atoms with Crippen LogP contribution < -0.4 is 5.73 Å². The third kappa shape index (κ3) is 3.46. The molecule has 0 spiro atoms. The Labute approximate surface area is 102 Å². The van der Waals surface area contributed by atoms with Gasteiger partial charge in [-0.25, -0.2) is 4.79 Å². The van der Waals surface area contributed by atoms with E-state index >= 15 is 0 Å². The molecule has 0 saturated heterocycles. The molecule has 1 aromatic rings. The zero-order chi connectivity index (χ0) is 12.8. The molecule has 0 aromatic heterocycles. The minimum absolute atomic E-state index is 0.238. The van der Waals surface area contributed by atoms with Gasteiger partial charge in [0.1, 0.15) is 0 Å². The smallest absolute Gasteiger partial charge is 0.338 e. The topological polar surface area (TPSA) is 66.6 Å². The standard InChI is InChI=1S/C13H20N2O2/c1-3-8-15(4-2)9-10-6-5-7-11(14)12(10)13(16)17/h5-7H,3-4,8-9,14H2,1-2H3,(H,16,17). The van der Waals surface area contributed by atoms with Crippen molar-refractivity contribution in [3.63, 3.8) is 0 Å². The van der Waals surface area contributed by atoms with E-state index < -0.39 is 5.97 Å². The molecule has 0 bridgehead atoms. The van der Waals surface area contributed by atoms with Gasteiger partial charge in [-0.1, -0.05) is 26.0 Å². The summed E-state index contributed by atoms with van der Waals surface area (Å²) < 4.78 is 0. The second kappa shape index (κ2) is 6.25. The van der Waals surface area contributed by atoms with Crippen LogP contribution in [0.2, 0.25) is 0 Å². The number of aromatic carboxylic acids is 1. The molecule has 1 rings (SSSR count). The van der Waals surface area contributed by atoms with Crippen molar-refractivity contribution in [1.82, 2.24) is 4.90 Å². The van der Waals surface area contributed by atoms with Gasteiger partial charge in [0.05, 0.1) is 5.56 Å². The number of nitrogen functional groups attached to an aromatic ring is 1. The third-order valence-corrected chi connectivity index (χ3v) is 2.78. The number of rotatable bonds is 6. The van der Waals surface area contributed by atoms with Gasteiger partial charge in [0.15, 0.2) is 0 Å². The zero-order valence-electron chi connectivity index (χ0n) is 10.4. The van der Waals surface area contributed by atoms with Crippen molar-refractivity contribution in [2.24, 2.45) is 0 Å². The summed E-state index contributed by atoms with van der Waals surface area (Å²) in [6, 6.07) is 5.26. The van der Waals surface area contributed by atoms with Gasteiger partial charge in [-0.3, -0.25) is 4.90 Å². The highest BCUT2D eigenvalue weighted by Crippen LogP contribution is 2.18. The van der Waals surface area contributed by atoms with Crippen LogP contribution in [0.4, 0.5) is 5.69 Å². The SMILES string of the molecule is CCCN(CC)Cc1cccc(N)c1C(=O)O. The molecule has 0 unspecified atom stereocenters. The largest absolute Gasteiger partial charge is 0.478 e. The van der Waals surface area contributed by atoms with Gasteiger partial charge < -0.3 is 10.8 Å². The second-order valence-electron chi connectivity index (χ2n) is 4.06. The molecule has 0 saturated carbocycles. The summed E-state index contributed by atoms with van der Waals surface area (Å²) in [5.41, 5.74) is 7.07. The van der Waals surface area contributed by atoms with Crippen LogP contribution in [0.5, 0.6) is 0 Å². The normalized spacial score (nSPS) is 10.8. The lowest BCUT2D eigenvalue weighted by molar-refractivity contribution is 0.0695. The lowest BCUT2D eigenvalue weighted by Crippen LogP contribution is -2.25. The molecule has 17 heavy (non-hydrogen) atoms. The molecule has 4 heteroatoms. The van der Waals surface area contributed by atoms with Gasteiger partial charge in [0.25, 0.3) is 0 Å². The molecule has 0 aliphatic carbocycles. The van der Waals surface area contributed by atoms with Crippen LogP contribution in [0.3, 0.4) is 0 Å². The number of hydrogen-bond acceptors (Lipinski definition) is 3. The van der Waals surface area contributed by atoms with Gasteiger partial charge in [0.2, 0.25) is 0 Å². The molecule has 0 aliphatic heterocycles. The summed E-state index contributed by atoms with van der Waals surface area (Å²) in [7, 11) is 0. The van der Waals surface area contributed by atoms with Gasteiger partial charge >= 0.3 is 5.97 Å². The van der Waals surface area contributed by atoms with E-state index in [9.17, 15) is 4.79 Å². The molecule has 0 aliphatic rings. The fourth-order valence-electron chi connectivity index (χ4n) is 1.92. The molecular weight excluding hydrogens is 216 g/mol. The number of carbonyl (C=O) groups is 1. The van der Waals surface area contributed by atoms with Crippen LogP contribution in [-0.2, 0) is 6.54 Å². The third-order valence-electron chi connectivity index (χ3n) is 2.78. The molecule has 94 valence electrons. The maximum absolute atomic E-state index is 11.2. The summed E-state index contributed by atoms with van der Waals surface area (Å²) in [4.78, 5) is 13.4. The van der Waals surface area contributed by atoms with Crippen molar-refractivity contribution in [3.05, 3.63) is 29.3 Å². The Bertz CT molecular complexity index is 391. The van der Waals surface area contributed by atoms with Crippen LogP contribution in [0.15, 0.2) is 18.2 Å². The van der Waals surface area contributed by atoms with E-state index in [0.29, 0.717) is 12.2 Å². The van der Waals surface area contributed by atoms with E-state index in [-0.39, 0.29) is 5.56 Å². The van der Waals surface area contributed by atoms with Gasteiger partial charge in [-0.15, -0.1) is 0 Å². The fraction of sp³-hybridized carbons (Fsp3) is 0.462. The molecule has 4 nitrogen and oxygen atoms in total. The molecule has 0 fully saturated rings. The number of anilines is 1. The first-order valence-corrected chi connectivity index (χ1v) is 5.93. The van der Waals surface area contributed by atoms with Crippen molar-refractivity contribution in [1.29, 1.82) is 0 Å². The Morgan fingerprint density at radius 3 is 2.65 bits per heavy atom. The van der Waals surface area contributed by atoms with Gasteiger partial charge in [-0.2, -0.15) is 0 Å². The van der Waals surface area contributed by atoms with Crippen molar-refractivity contribution in [2.45, 2.75) is 26.8 Å². The molecule has 0 atom stereocenters. The highest BCUT2D eigenvalue weighted by atomic mass is 16.4. The summed E-state index contributed by atoms with van der Waals surface area (Å²) >= 11 is 0. The fourth-order valence-corrected chi connectivity index (χ4v) is 1.92. The van der Waals surface area contributed by atoms with E-state index in [4.69, 9.17) is 10.8 Å². The predicted molar refractivity (Wildman–Crippen MR) is 69.1 cm³/mol. The first-order valence-electron chi connectivity index (χ1n) is 5.93. The van der Waals surface area contributed by atoms with Crippen LogP contribution in [0.25, 0.3) is 0 Å². The predicted octanol–water partition coefficient (Wildman–Crippen LogP) is 2.20. The molecule has 0 heterocycles. The lowest BCUT2D eigenvalue weighted by Gasteiger charge is -2.21. The van der Waals surface area contributed by atoms with Crippen LogP contribution in [0, 0.1) is 0 Å². The Hall–Kier alpha value is -1.55. The maximum Gasteiger partial charge on any atom is 0.338 e. The Balaban J connectivity index is 2.97. The first kappa shape index (κ1) is 13.5. The Morgan fingerprint density at radius 1 is 1.41 bits per heavy atom. The van der Waals surface area contributed by atoms with Crippen molar-refractivity contribution < 1.29 is 9.90 Å². The monoisotopic (exact) mass is 236 g/mol. The minimum atomic E-state index is -0.953. The average Bonchev–Trinajstić information content (AvgIpc) is 2.28. The van der Waals surface area contributed by atoms with E-state index in [0.717, 1.165) is 25.1 Å². The summed E-state index contributed by atoms with van der Waals surface area (Å²) in [6.07, 6.45) is 1.05. The van der Waals surface area contributed by atoms with Crippen LogP contribution in [-0.4, -0.2) is 29.1 Å². The maximum atomic E-state index is 11.2. The summed E-state index contributed by atoms with van der Waals surface area (Å²) in [6.45, 7) is 6.69. The minimum Gasteiger partial charge on any atom is -0.478 e. The summed E-state index contributed by atoms with van der Waals surface area (Å²) in [5, 5.41) is 9.16. The van der Waals surface area contributed by atoms with E-state index in [1.165, 1.54) is 0 Å². The van der Waals surface area contributed by atoms with Crippen LogP contribution >= 0.6 is 0 Å². The number of benzene rings is 1. The molecule has 0 radical (unpaired) electrons. The highest BCUT2D eigenvalue weighted by Gasteiger charge is 2.15. The number of carboxylic acids is 1. The van der Waals surface area contributed by atoms with Gasteiger partial charge in [0, 0.05) is 12.2 Å². The summed E-state index contributed by atoms with van der Waals surface area (Å²) in [5.74, 6) is -0.953. The number of nitrogens with zero attached hydrogens (tertiary/aromatic N) is 1. The first-order chi connectivity index (χ1) is 8.10. The zero-order valence-corrected chi connectivity index (χ0v) is 10.4. The van der Waals surface area contributed by atoms with E-state index in [2.05, 4.69) is 18.7 Å². The number of nitrogens with two attached hydrogens (primary N) is 1.